The minimum absolute atomic E-state index is 0.205. The van der Waals surface area contributed by atoms with Crippen LogP contribution < -0.4 is 20.2 Å². The van der Waals surface area contributed by atoms with Gasteiger partial charge in [0.1, 0.15) is 6.61 Å². The zero-order valence-corrected chi connectivity index (χ0v) is 16.7. The van der Waals surface area contributed by atoms with Gasteiger partial charge in [0.2, 0.25) is 0 Å². The van der Waals surface area contributed by atoms with E-state index in [9.17, 15) is 9.59 Å². The van der Waals surface area contributed by atoms with E-state index in [-0.39, 0.29) is 6.54 Å². The summed E-state index contributed by atoms with van der Waals surface area (Å²) in [6.07, 6.45) is 3.04. The molecule has 0 aliphatic rings. The van der Waals surface area contributed by atoms with Gasteiger partial charge >= 0.3 is 11.8 Å². The van der Waals surface area contributed by atoms with Gasteiger partial charge in [0.15, 0.2) is 11.5 Å². The molecule has 8 heteroatoms. The number of ether oxygens (including phenoxy) is 2. The highest BCUT2D eigenvalue weighted by Crippen LogP contribution is 2.28. The molecule has 0 aliphatic carbocycles. The Hall–Kier alpha value is -3.32. The highest BCUT2D eigenvalue weighted by Gasteiger charge is 2.12. The molecule has 2 N–H and O–H groups in total. The Labute approximate surface area is 174 Å². The van der Waals surface area contributed by atoms with Gasteiger partial charge in [0, 0.05) is 11.6 Å². The molecule has 0 bridgehead atoms. The third kappa shape index (κ3) is 7.31. The fourth-order valence-electron chi connectivity index (χ4n) is 2.22. The summed E-state index contributed by atoms with van der Waals surface area (Å²) >= 11 is 5.80. The first-order chi connectivity index (χ1) is 14.0. The Kier molecular flexibility index (Phi) is 8.72. The molecule has 2 aromatic carbocycles. The van der Waals surface area contributed by atoms with Crippen LogP contribution in [-0.2, 0) is 16.1 Å². The second-order valence-corrected chi connectivity index (χ2v) is 6.18. The number of carbonyl (C=O) groups is 2. The Morgan fingerprint density at radius 2 is 1.86 bits per heavy atom. The highest BCUT2D eigenvalue weighted by molar-refractivity contribution is 6.35. The summed E-state index contributed by atoms with van der Waals surface area (Å²) in [5.74, 6) is -0.536. The van der Waals surface area contributed by atoms with Crippen LogP contribution in [0, 0.1) is 0 Å². The minimum Gasteiger partial charge on any atom is -0.490 e. The van der Waals surface area contributed by atoms with E-state index < -0.39 is 11.8 Å². The molecule has 2 amide bonds. The number of halogens is 1. The Bertz CT molecular complexity index is 882. The molecular weight excluding hydrogens is 394 g/mol. The lowest BCUT2D eigenvalue weighted by Gasteiger charge is -2.11. The summed E-state index contributed by atoms with van der Waals surface area (Å²) in [4.78, 5) is 23.7. The van der Waals surface area contributed by atoms with E-state index in [1.165, 1.54) is 6.21 Å². The van der Waals surface area contributed by atoms with Crippen molar-refractivity contribution in [2.45, 2.75) is 13.5 Å². The summed E-state index contributed by atoms with van der Waals surface area (Å²) in [6, 6.07) is 12.1. The summed E-state index contributed by atoms with van der Waals surface area (Å²) in [6.45, 7) is 6.50. The van der Waals surface area contributed by atoms with Crippen LogP contribution in [0.5, 0.6) is 11.5 Å². The Morgan fingerprint density at radius 1 is 1.10 bits per heavy atom. The average molecular weight is 416 g/mol. The van der Waals surface area contributed by atoms with Crippen LogP contribution in [0.15, 0.2) is 60.2 Å². The van der Waals surface area contributed by atoms with Crippen molar-refractivity contribution in [3.05, 3.63) is 71.3 Å². The van der Waals surface area contributed by atoms with Gasteiger partial charge in [-0.3, -0.25) is 9.59 Å². The maximum absolute atomic E-state index is 11.8. The number of carbonyl (C=O) groups excluding carboxylic acids is 2. The van der Waals surface area contributed by atoms with Gasteiger partial charge in [-0.25, -0.2) is 5.43 Å². The van der Waals surface area contributed by atoms with Gasteiger partial charge in [-0.15, -0.1) is 0 Å². The van der Waals surface area contributed by atoms with Crippen molar-refractivity contribution in [2.24, 2.45) is 5.10 Å². The third-order valence-corrected chi connectivity index (χ3v) is 3.83. The molecule has 152 valence electrons. The second kappa shape index (κ2) is 11.5. The molecule has 0 saturated heterocycles. The van der Waals surface area contributed by atoms with Crippen LogP contribution in [0.25, 0.3) is 0 Å². The van der Waals surface area contributed by atoms with Crippen LogP contribution in [0.4, 0.5) is 0 Å². The van der Waals surface area contributed by atoms with Crippen molar-refractivity contribution in [2.75, 3.05) is 13.2 Å². The maximum atomic E-state index is 11.8. The number of hydrogen-bond acceptors (Lipinski definition) is 5. The molecule has 0 spiro atoms. The van der Waals surface area contributed by atoms with Crippen molar-refractivity contribution >= 4 is 29.6 Å². The van der Waals surface area contributed by atoms with Gasteiger partial charge in [0.05, 0.1) is 12.8 Å². The second-order valence-electron chi connectivity index (χ2n) is 5.75. The van der Waals surface area contributed by atoms with Crippen LogP contribution in [0.3, 0.4) is 0 Å². The van der Waals surface area contributed by atoms with E-state index >= 15 is 0 Å². The zero-order chi connectivity index (χ0) is 21.1. The lowest BCUT2D eigenvalue weighted by atomic mass is 10.2. The topological polar surface area (TPSA) is 89.0 Å². The summed E-state index contributed by atoms with van der Waals surface area (Å²) in [5.41, 5.74) is 3.68. The summed E-state index contributed by atoms with van der Waals surface area (Å²) in [7, 11) is 0. The molecule has 0 saturated carbocycles. The normalized spacial score (nSPS) is 10.4. The van der Waals surface area contributed by atoms with Gasteiger partial charge in [-0.2, -0.15) is 5.10 Å². The Morgan fingerprint density at radius 3 is 2.55 bits per heavy atom. The quantitative estimate of drug-likeness (QED) is 0.285. The number of hydrazone groups is 1. The first-order valence-electron chi connectivity index (χ1n) is 8.89. The molecule has 0 atom stereocenters. The lowest BCUT2D eigenvalue weighted by Crippen LogP contribution is -2.37. The largest absolute Gasteiger partial charge is 0.490 e. The van der Waals surface area contributed by atoms with Crippen LogP contribution in [-0.4, -0.2) is 31.2 Å². The molecule has 2 aromatic rings. The van der Waals surface area contributed by atoms with E-state index in [1.807, 2.05) is 6.92 Å². The molecule has 0 fully saturated rings. The number of nitrogens with zero attached hydrogens (tertiary/aromatic N) is 1. The molecular formula is C21H22ClN3O4. The number of nitrogens with one attached hydrogen (secondary N) is 2. The van der Waals surface area contributed by atoms with E-state index in [2.05, 4.69) is 22.4 Å². The van der Waals surface area contributed by atoms with Gasteiger partial charge in [-0.05, 0) is 48.4 Å². The van der Waals surface area contributed by atoms with E-state index in [0.29, 0.717) is 35.3 Å². The number of benzene rings is 2. The molecule has 0 aliphatic heterocycles. The van der Waals surface area contributed by atoms with Crippen molar-refractivity contribution in [1.29, 1.82) is 0 Å². The summed E-state index contributed by atoms with van der Waals surface area (Å²) < 4.78 is 11.1. The molecule has 0 heterocycles. The molecule has 29 heavy (non-hydrogen) atoms. The Balaban J connectivity index is 1.89. The van der Waals surface area contributed by atoms with Gasteiger partial charge < -0.3 is 14.8 Å². The molecule has 0 unspecified atom stereocenters. The van der Waals surface area contributed by atoms with Crippen molar-refractivity contribution < 1.29 is 19.1 Å². The SMILES string of the molecule is C=CCOc1ccc(C=NNC(=O)C(=O)NCc2ccc(Cl)cc2)cc1OCC. The smallest absolute Gasteiger partial charge is 0.329 e. The van der Waals surface area contributed by atoms with E-state index in [1.54, 1.807) is 48.5 Å². The first kappa shape index (κ1) is 22.0. The van der Waals surface area contributed by atoms with E-state index in [4.69, 9.17) is 21.1 Å². The van der Waals surface area contributed by atoms with Crippen LogP contribution in [0.1, 0.15) is 18.1 Å². The van der Waals surface area contributed by atoms with Gasteiger partial charge in [-0.1, -0.05) is 36.4 Å². The maximum Gasteiger partial charge on any atom is 0.329 e. The molecule has 7 nitrogen and oxygen atoms in total. The molecule has 0 radical (unpaired) electrons. The van der Waals surface area contributed by atoms with Crippen molar-refractivity contribution in [3.63, 3.8) is 0 Å². The third-order valence-electron chi connectivity index (χ3n) is 3.58. The monoisotopic (exact) mass is 415 g/mol. The summed E-state index contributed by atoms with van der Waals surface area (Å²) in [5, 5.41) is 6.91. The van der Waals surface area contributed by atoms with Crippen LogP contribution >= 0.6 is 11.6 Å². The number of rotatable bonds is 9. The van der Waals surface area contributed by atoms with Crippen molar-refractivity contribution in [3.8, 4) is 11.5 Å². The number of amides is 2. The fourth-order valence-corrected chi connectivity index (χ4v) is 2.35. The first-order valence-corrected chi connectivity index (χ1v) is 9.27. The number of hydrogen-bond donors (Lipinski definition) is 2. The zero-order valence-electron chi connectivity index (χ0n) is 16.0. The van der Waals surface area contributed by atoms with E-state index in [0.717, 1.165) is 5.56 Å². The fraction of sp³-hybridized carbons (Fsp3) is 0.190. The molecule has 0 aromatic heterocycles. The van der Waals surface area contributed by atoms with Crippen LogP contribution in [0.2, 0.25) is 5.02 Å². The van der Waals surface area contributed by atoms with Gasteiger partial charge in [0.25, 0.3) is 0 Å². The van der Waals surface area contributed by atoms with Crippen molar-refractivity contribution in [1.82, 2.24) is 10.7 Å². The predicted octanol–water partition coefficient (Wildman–Crippen LogP) is 3.07. The predicted molar refractivity (Wildman–Crippen MR) is 112 cm³/mol. The average Bonchev–Trinajstić information content (AvgIpc) is 2.72. The highest BCUT2D eigenvalue weighted by atomic mass is 35.5. The lowest BCUT2D eigenvalue weighted by molar-refractivity contribution is -0.139. The standard InChI is InChI=1S/C21H22ClN3O4/c1-3-11-29-18-10-7-16(12-19(18)28-4-2)14-24-25-21(27)20(26)23-13-15-5-8-17(22)9-6-15/h3,5-10,12,14H,1,4,11,13H2,2H3,(H,23,26)(H,25,27). The minimum atomic E-state index is -0.869. The molecule has 2 rings (SSSR count).